The third kappa shape index (κ3) is 8.18. The van der Waals surface area contributed by atoms with Gasteiger partial charge in [0.15, 0.2) is 5.13 Å². The van der Waals surface area contributed by atoms with E-state index in [9.17, 15) is 9.59 Å². The third-order valence-electron chi connectivity index (χ3n) is 3.47. The molecule has 0 atom stereocenters. The van der Waals surface area contributed by atoms with Crippen molar-refractivity contribution >= 4 is 53.1 Å². The lowest BCUT2D eigenvalue weighted by atomic mass is 9.96. The third-order valence-corrected chi connectivity index (χ3v) is 4.27. The average Bonchev–Trinajstić information content (AvgIpc) is 2.92. The van der Waals surface area contributed by atoms with Gasteiger partial charge in [0.2, 0.25) is 11.8 Å². The van der Waals surface area contributed by atoms with Crippen LogP contribution in [0.25, 0.3) is 0 Å². The summed E-state index contributed by atoms with van der Waals surface area (Å²) in [5.74, 6) is -0.135. The normalized spacial score (nSPS) is 13.8. The lowest BCUT2D eigenvalue weighted by molar-refractivity contribution is -0.123. The highest BCUT2D eigenvalue weighted by Gasteiger charge is 2.22. The molecule has 0 fully saturated rings. The molecule has 2 rings (SSSR count). The molecule has 0 saturated heterocycles. The largest absolute Gasteiger partial charge is 0.352 e. The highest BCUT2D eigenvalue weighted by Crippen LogP contribution is 2.20. The molecular weight excluding hydrogens is 383 g/mol. The number of amides is 2. The summed E-state index contributed by atoms with van der Waals surface area (Å²) in [4.78, 5) is 28.2. The van der Waals surface area contributed by atoms with Crippen LogP contribution in [0, 0.1) is 5.41 Å². The van der Waals surface area contributed by atoms with Gasteiger partial charge in [0.25, 0.3) is 0 Å². The Hall–Kier alpha value is -1.15. The fourth-order valence-corrected chi connectivity index (χ4v) is 2.70. The summed E-state index contributed by atoms with van der Waals surface area (Å²) in [6.45, 7) is 7.97. The molecule has 0 spiro atoms. The molecule has 0 unspecified atom stereocenters. The standard InChI is InChI=1S/C16H24N4O2S.2ClH/c1-16(2,3)14(22)20-15-19-12(10-23-15)8-13(21)18-9-11-4-6-17-7-5-11;;/h4,10,17H,5-9H2,1-3H3,(H,18,21)(H,19,20,22);2*1H. The minimum atomic E-state index is -0.466. The Morgan fingerprint density at radius 1 is 1.32 bits per heavy atom. The minimum absolute atomic E-state index is 0. The Balaban J connectivity index is 0.00000288. The first-order valence-electron chi connectivity index (χ1n) is 7.76. The number of halogens is 2. The number of aromatic nitrogens is 1. The second-order valence-corrected chi connectivity index (χ2v) is 7.48. The summed E-state index contributed by atoms with van der Waals surface area (Å²) >= 11 is 1.34. The molecule has 1 aliphatic heterocycles. The van der Waals surface area contributed by atoms with Crippen LogP contribution in [0.4, 0.5) is 5.13 Å². The van der Waals surface area contributed by atoms with Gasteiger partial charge >= 0.3 is 0 Å². The Labute approximate surface area is 165 Å². The molecule has 142 valence electrons. The smallest absolute Gasteiger partial charge is 0.231 e. The monoisotopic (exact) mass is 408 g/mol. The molecule has 1 aromatic heterocycles. The van der Waals surface area contributed by atoms with E-state index in [1.165, 1.54) is 16.9 Å². The Bertz CT molecular complexity index is 612. The van der Waals surface area contributed by atoms with Crippen molar-refractivity contribution in [2.45, 2.75) is 33.6 Å². The second kappa shape index (κ2) is 10.8. The van der Waals surface area contributed by atoms with Crippen molar-refractivity contribution in [1.82, 2.24) is 15.6 Å². The summed E-state index contributed by atoms with van der Waals surface area (Å²) in [6.07, 6.45) is 3.32. The van der Waals surface area contributed by atoms with Crippen molar-refractivity contribution in [3.63, 3.8) is 0 Å². The molecule has 2 heterocycles. The number of thiazole rings is 1. The zero-order valence-corrected chi connectivity index (χ0v) is 17.1. The van der Waals surface area contributed by atoms with E-state index in [-0.39, 0.29) is 43.0 Å². The highest BCUT2D eigenvalue weighted by atomic mass is 35.5. The fourth-order valence-electron chi connectivity index (χ4n) is 2.00. The zero-order chi connectivity index (χ0) is 16.9. The van der Waals surface area contributed by atoms with Crippen molar-refractivity contribution in [2.75, 3.05) is 25.0 Å². The van der Waals surface area contributed by atoms with E-state index in [1.807, 2.05) is 26.2 Å². The van der Waals surface area contributed by atoms with Crippen LogP contribution in [0.3, 0.4) is 0 Å². The molecule has 0 bridgehead atoms. The van der Waals surface area contributed by atoms with E-state index >= 15 is 0 Å². The maximum Gasteiger partial charge on any atom is 0.231 e. The number of hydrogen-bond donors (Lipinski definition) is 3. The van der Waals surface area contributed by atoms with Gasteiger partial charge in [-0.25, -0.2) is 4.98 Å². The summed E-state index contributed by atoms with van der Waals surface area (Å²) in [7, 11) is 0. The summed E-state index contributed by atoms with van der Waals surface area (Å²) in [6, 6.07) is 0. The number of carbonyl (C=O) groups is 2. The van der Waals surface area contributed by atoms with Crippen LogP contribution in [0.1, 0.15) is 32.9 Å². The van der Waals surface area contributed by atoms with Crippen molar-refractivity contribution in [2.24, 2.45) is 5.41 Å². The van der Waals surface area contributed by atoms with E-state index in [4.69, 9.17) is 0 Å². The molecule has 0 aliphatic carbocycles. The van der Waals surface area contributed by atoms with Crippen LogP contribution in [-0.2, 0) is 16.0 Å². The quantitative estimate of drug-likeness (QED) is 0.653. The van der Waals surface area contributed by atoms with Crippen molar-refractivity contribution in [3.8, 4) is 0 Å². The van der Waals surface area contributed by atoms with Crippen molar-refractivity contribution < 1.29 is 9.59 Å². The number of nitrogens with one attached hydrogen (secondary N) is 3. The Kier molecular flexibility index (Phi) is 10.3. The van der Waals surface area contributed by atoms with Gasteiger partial charge in [-0.3, -0.25) is 9.59 Å². The molecule has 0 saturated carbocycles. The molecule has 0 aromatic carbocycles. The molecule has 0 radical (unpaired) electrons. The van der Waals surface area contributed by atoms with Crippen LogP contribution < -0.4 is 16.0 Å². The first-order valence-corrected chi connectivity index (χ1v) is 8.64. The van der Waals surface area contributed by atoms with Crippen LogP contribution in [-0.4, -0.2) is 36.4 Å². The lowest BCUT2D eigenvalue weighted by Crippen LogP contribution is -2.30. The van der Waals surface area contributed by atoms with E-state index in [0.717, 1.165) is 19.5 Å². The molecule has 3 N–H and O–H groups in total. The molecule has 1 aromatic rings. The van der Waals surface area contributed by atoms with Gasteiger partial charge < -0.3 is 16.0 Å². The first kappa shape index (κ1) is 23.9. The Morgan fingerprint density at radius 3 is 2.64 bits per heavy atom. The molecular formula is C16H26Cl2N4O2S. The maximum atomic E-state index is 12.0. The summed E-state index contributed by atoms with van der Waals surface area (Å²) < 4.78 is 0. The van der Waals surface area contributed by atoms with E-state index in [1.54, 1.807) is 0 Å². The summed E-state index contributed by atoms with van der Waals surface area (Å²) in [5, 5.41) is 11.3. The van der Waals surface area contributed by atoms with Gasteiger partial charge in [-0.2, -0.15) is 0 Å². The van der Waals surface area contributed by atoms with Crippen LogP contribution >= 0.6 is 36.2 Å². The number of anilines is 1. The minimum Gasteiger partial charge on any atom is -0.352 e. The van der Waals surface area contributed by atoms with Gasteiger partial charge in [-0.15, -0.1) is 36.2 Å². The number of nitrogens with zero attached hydrogens (tertiary/aromatic N) is 1. The van der Waals surface area contributed by atoms with Gasteiger partial charge in [-0.1, -0.05) is 32.4 Å². The topological polar surface area (TPSA) is 83.1 Å². The first-order chi connectivity index (χ1) is 10.8. The van der Waals surface area contributed by atoms with Crippen molar-refractivity contribution in [3.05, 3.63) is 22.7 Å². The van der Waals surface area contributed by atoms with Gasteiger partial charge in [0.1, 0.15) is 0 Å². The number of rotatable bonds is 5. The lowest BCUT2D eigenvalue weighted by Gasteiger charge is -2.15. The number of hydrogen-bond acceptors (Lipinski definition) is 5. The summed E-state index contributed by atoms with van der Waals surface area (Å²) in [5.41, 5.74) is 1.47. The predicted molar refractivity (Wildman–Crippen MR) is 107 cm³/mol. The predicted octanol–water partition coefficient (Wildman–Crippen LogP) is 2.55. The van der Waals surface area contributed by atoms with Gasteiger partial charge in [-0.05, 0) is 13.0 Å². The van der Waals surface area contributed by atoms with Gasteiger partial charge in [0, 0.05) is 23.9 Å². The van der Waals surface area contributed by atoms with E-state index in [0.29, 0.717) is 17.4 Å². The average molecular weight is 409 g/mol. The van der Waals surface area contributed by atoms with Crippen LogP contribution in [0.2, 0.25) is 0 Å². The van der Waals surface area contributed by atoms with E-state index in [2.05, 4.69) is 27.0 Å². The fraction of sp³-hybridized carbons (Fsp3) is 0.562. The molecule has 25 heavy (non-hydrogen) atoms. The highest BCUT2D eigenvalue weighted by molar-refractivity contribution is 7.13. The van der Waals surface area contributed by atoms with Crippen molar-refractivity contribution in [1.29, 1.82) is 0 Å². The van der Waals surface area contributed by atoms with Gasteiger partial charge in [0.05, 0.1) is 12.1 Å². The number of carbonyl (C=O) groups excluding carboxylic acids is 2. The second-order valence-electron chi connectivity index (χ2n) is 6.62. The molecule has 1 aliphatic rings. The molecule has 6 nitrogen and oxygen atoms in total. The molecule has 2 amide bonds. The van der Waals surface area contributed by atoms with Crippen LogP contribution in [0.5, 0.6) is 0 Å². The van der Waals surface area contributed by atoms with E-state index < -0.39 is 5.41 Å². The molecule has 9 heteroatoms. The Morgan fingerprint density at radius 2 is 2.04 bits per heavy atom. The van der Waals surface area contributed by atoms with Crippen LogP contribution in [0.15, 0.2) is 17.0 Å². The maximum absolute atomic E-state index is 12.0. The SMILES string of the molecule is CC(C)(C)C(=O)Nc1nc(CC(=O)NCC2=CCNCC2)cs1.Cl.Cl. The zero-order valence-electron chi connectivity index (χ0n) is 14.7.